The lowest BCUT2D eigenvalue weighted by Gasteiger charge is -2.48. The number of benzene rings is 1. The molecule has 0 radical (unpaired) electrons. The van der Waals surface area contributed by atoms with Gasteiger partial charge in [0.05, 0.1) is 17.3 Å². The van der Waals surface area contributed by atoms with Crippen LogP contribution in [0.5, 0.6) is 0 Å². The fraction of sp³-hybridized carbons (Fsp3) is 0.368. The normalized spacial score (nSPS) is 27.1. The standard InChI is InChI=1S/C19H17N3O5/c1-21-17(25)19(16(24)20-18(21)26)9-11-14(22-8-4-7-13(19)22)10-5-2-3-6-12(10)27-15(11)23/h2-3,5-6,13H,4,7-9H2,1H3,(H,20,24,26). The number of carbonyl (C=O) groups is 3. The van der Waals surface area contributed by atoms with E-state index in [0.717, 1.165) is 22.4 Å². The molecule has 2 atom stereocenters. The molecule has 1 N–H and O–H groups in total. The Morgan fingerprint density at radius 3 is 2.78 bits per heavy atom. The Kier molecular flexibility index (Phi) is 3.08. The van der Waals surface area contributed by atoms with Crippen LogP contribution < -0.4 is 15.8 Å². The molecular formula is C19H17N3O5. The van der Waals surface area contributed by atoms with E-state index in [1.165, 1.54) is 7.05 Å². The number of fused-ring (bicyclic) bond motifs is 6. The Morgan fingerprint density at radius 1 is 1.19 bits per heavy atom. The van der Waals surface area contributed by atoms with E-state index in [9.17, 15) is 19.2 Å². The van der Waals surface area contributed by atoms with E-state index in [4.69, 9.17) is 4.42 Å². The quantitative estimate of drug-likeness (QED) is 0.551. The van der Waals surface area contributed by atoms with Gasteiger partial charge in [-0.05, 0) is 25.0 Å². The maximum atomic E-state index is 13.1. The summed E-state index contributed by atoms with van der Waals surface area (Å²) >= 11 is 0. The number of amides is 4. The molecule has 1 aromatic heterocycles. The second-order valence-corrected chi connectivity index (χ2v) is 7.34. The molecule has 0 aliphatic carbocycles. The van der Waals surface area contributed by atoms with E-state index < -0.39 is 34.9 Å². The van der Waals surface area contributed by atoms with Crippen LogP contribution in [-0.4, -0.2) is 42.4 Å². The van der Waals surface area contributed by atoms with Crippen LogP contribution in [0.2, 0.25) is 0 Å². The molecule has 1 spiro atoms. The number of rotatable bonds is 0. The van der Waals surface area contributed by atoms with Gasteiger partial charge < -0.3 is 9.32 Å². The molecule has 4 amide bonds. The molecule has 1 aromatic carbocycles. The lowest BCUT2D eigenvalue weighted by molar-refractivity contribution is -0.152. The van der Waals surface area contributed by atoms with E-state index in [-0.39, 0.29) is 6.42 Å². The zero-order valence-corrected chi connectivity index (χ0v) is 14.7. The van der Waals surface area contributed by atoms with Gasteiger partial charge in [0, 0.05) is 25.4 Å². The Bertz CT molecular complexity index is 1090. The first kappa shape index (κ1) is 16.0. The Balaban J connectivity index is 1.80. The van der Waals surface area contributed by atoms with Gasteiger partial charge in [0.2, 0.25) is 11.8 Å². The zero-order chi connectivity index (χ0) is 18.9. The SMILES string of the molecule is CN1C(=O)NC(=O)C2(Cc3c(c4ccccc4oc3=O)N3CCCC32)C1=O. The van der Waals surface area contributed by atoms with E-state index in [0.29, 0.717) is 24.1 Å². The molecule has 4 heterocycles. The minimum atomic E-state index is -1.50. The molecule has 0 bridgehead atoms. The predicted molar refractivity (Wildman–Crippen MR) is 95.3 cm³/mol. The second-order valence-electron chi connectivity index (χ2n) is 7.34. The number of hydrogen-bond acceptors (Lipinski definition) is 6. The molecule has 27 heavy (non-hydrogen) atoms. The van der Waals surface area contributed by atoms with Gasteiger partial charge in [-0.1, -0.05) is 12.1 Å². The molecule has 2 fully saturated rings. The fourth-order valence-corrected chi connectivity index (χ4v) is 4.83. The molecule has 138 valence electrons. The molecule has 2 saturated heterocycles. The summed E-state index contributed by atoms with van der Waals surface area (Å²) in [5, 5.41) is 3.08. The van der Waals surface area contributed by atoms with Crippen LogP contribution in [0.3, 0.4) is 0 Å². The number of urea groups is 1. The minimum Gasteiger partial charge on any atom is -0.422 e. The number of nitrogens with one attached hydrogen (secondary N) is 1. The summed E-state index contributed by atoms with van der Waals surface area (Å²) in [5.41, 5.74) is -0.500. The second kappa shape index (κ2) is 5.18. The molecule has 5 rings (SSSR count). The third kappa shape index (κ3) is 1.87. The third-order valence-electron chi connectivity index (χ3n) is 6.06. The number of nitrogens with zero attached hydrogens (tertiary/aromatic N) is 2. The smallest absolute Gasteiger partial charge is 0.341 e. The van der Waals surface area contributed by atoms with Gasteiger partial charge in [-0.2, -0.15) is 0 Å². The zero-order valence-electron chi connectivity index (χ0n) is 14.7. The van der Waals surface area contributed by atoms with Crippen LogP contribution >= 0.6 is 0 Å². The van der Waals surface area contributed by atoms with E-state index in [1.807, 2.05) is 17.0 Å². The maximum absolute atomic E-state index is 13.1. The van der Waals surface area contributed by atoms with Crippen molar-refractivity contribution in [2.45, 2.75) is 25.3 Å². The van der Waals surface area contributed by atoms with Crippen molar-refractivity contribution in [1.29, 1.82) is 0 Å². The van der Waals surface area contributed by atoms with Gasteiger partial charge in [-0.3, -0.25) is 19.8 Å². The van der Waals surface area contributed by atoms with E-state index >= 15 is 0 Å². The highest BCUT2D eigenvalue weighted by atomic mass is 16.4. The molecule has 0 saturated carbocycles. The number of imide groups is 2. The highest BCUT2D eigenvalue weighted by Crippen LogP contribution is 2.49. The summed E-state index contributed by atoms with van der Waals surface area (Å²) in [6.07, 6.45) is 1.35. The van der Waals surface area contributed by atoms with E-state index in [2.05, 4.69) is 5.32 Å². The highest BCUT2D eigenvalue weighted by Gasteiger charge is 2.63. The van der Waals surface area contributed by atoms with Gasteiger partial charge in [0.1, 0.15) is 5.58 Å². The monoisotopic (exact) mass is 367 g/mol. The van der Waals surface area contributed by atoms with Gasteiger partial charge >= 0.3 is 11.7 Å². The number of para-hydroxylation sites is 1. The van der Waals surface area contributed by atoms with Gasteiger partial charge in [0.15, 0.2) is 5.41 Å². The summed E-state index contributed by atoms with van der Waals surface area (Å²) in [6, 6.07) is 6.13. The van der Waals surface area contributed by atoms with Crippen molar-refractivity contribution in [3.8, 4) is 0 Å². The summed E-state index contributed by atoms with van der Waals surface area (Å²) in [6.45, 7) is 0.630. The topological polar surface area (TPSA) is 99.9 Å². The Labute approximate surface area is 153 Å². The molecular weight excluding hydrogens is 350 g/mol. The van der Waals surface area contributed by atoms with Crippen LogP contribution in [0.15, 0.2) is 33.5 Å². The minimum absolute atomic E-state index is 0.0705. The van der Waals surface area contributed by atoms with Crippen molar-refractivity contribution in [2.24, 2.45) is 5.41 Å². The molecule has 3 aliphatic rings. The number of barbiturate groups is 1. The molecule has 3 aliphatic heterocycles. The third-order valence-corrected chi connectivity index (χ3v) is 6.06. The van der Waals surface area contributed by atoms with E-state index in [1.54, 1.807) is 12.1 Å². The van der Waals surface area contributed by atoms with Gasteiger partial charge in [-0.25, -0.2) is 9.59 Å². The Morgan fingerprint density at radius 2 is 1.96 bits per heavy atom. The predicted octanol–water partition coefficient (Wildman–Crippen LogP) is 1.01. The first-order valence-electron chi connectivity index (χ1n) is 8.90. The van der Waals surface area contributed by atoms with Crippen LogP contribution in [0.1, 0.15) is 18.4 Å². The summed E-state index contributed by atoms with van der Waals surface area (Å²) in [4.78, 5) is 53.6. The van der Waals surface area contributed by atoms with Crippen molar-refractivity contribution < 1.29 is 18.8 Å². The van der Waals surface area contributed by atoms with Crippen molar-refractivity contribution in [2.75, 3.05) is 18.5 Å². The van der Waals surface area contributed by atoms with Crippen molar-refractivity contribution in [3.05, 3.63) is 40.2 Å². The first-order valence-corrected chi connectivity index (χ1v) is 8.90. The average Bonchev–Trinajstić information content (AvgIpc) is 3.15. The van der Waals surface area contributed by atoms with Crippen molar-refractivity contribution in [1.82, 2.24) is 10.2 Å². The molecule has 8 nitrogen and oxygen atoms in total. The lowest BCUT2D eigenvalue weighted by Crippen LogP contribution is -2.70. The first-order chi connectivity index (χ1) is 12.9. The number of carbonyl (C=O) groups excluding carboxylic acids is 3. The average molecular weight is 367 g/mol. The molecule has 2 unspecified atom stereocenters. The van der Waals surface area contributed by atoms with Crippen molar-refractivity contribution >= 4 is 34.5 Å². The molecule has 2 aromatic rings. The number of anilines is 1. The summed E-state index contributed by atoms with van der Waals surface area (Å²) in [7, 11) is 1.35. The summed E-state index contributed by atoms with van der Waals surface area (Å²) in [5.74, 6) is -1.20. The maximum Gasteiger partial charge on any atom is 0.341 e. The van der Waals surface area contributed by atoms with Gasteiger partial charge in [-0.15, -0.1) is 0 Å². The lowest BCUT2D eigenvalue weighted by atomic mass is 9.68. The van der Waals surface area contributed by atoms with Crippen molar-refractivity contribution in [3.63, 3.8) is 0 Å². The number of hydrogen-bond donors (Lipinski definition) is 1. The summed E-state index contributed by atoms with van der Waals surface area (Å²) < 4.78 is 5.46. The Hall–Kier alpha value is -3.16. The largest absolute Gasteiger partial charge is 0.422 e. The molecule has 8 heteroatoms. The van der Waals surface area contributed by atoms with Crippen LogP contribution in [0.4, 0.5) is 10.5 Å². The van der Waals surface area contributed by atoms with Crippen LogP contribution in [0, 0.1) is 5.41 Å². The van der Waals surface area contributed by atoms with Gasteiger partial charge in [0.25, 0.3) is 0 Å². The van der Waals surface area contributed by atoms with Crippen LogP contribution in [0.25, 0.3) is 11.0 Å². The highest BCUT2D eigenvalue weighted by molar-refractivity contribution is 6.20. The fourth-order valence-electron chi connectivity index (χ4n) is 4.83. The van der Waals surface area contributed by atoms with Crippen LogP contribution in [-0.2, 0) is 16.0 Å².